The summed E-state index contributed by atoms with van der Waals surface area (Å²) in [7, 11) is -2.16. The summed E-state index contributed by atoms with van der Waals surface area (Å²) in [6.45, 7) is 1.30. The summed E-state index contributed by atoms with van der Waals surface area (Å²) < 4.78 is 32.4. The van der Waals surface area contributed by atoms with Crippen molar-refractivity contribution >= 4 is 27.0 Å². The van der Waals surface area contributed by atoms with Crippen molar-refractivity contribution in [1.29, 1.82) is 0 Å². The molecule has 1 atom stereocenters. The topological polar surface area (TPSA) is 117 Å². The Kier molecular flexibility index (Phi) is 6.19. The summed E-state index contributed by atoms with van der Waals surface area (Å²) in [6, 6.07) is 9.98. The van der Waals surface area contributed by atoms with Crippen molar-refractivity contribution in [2.75, 3.05) is 26.7 Å². The molecule has 4 rings (SSSR count). The highest BCUT2D eigenvalue weighted by Gasteiger charge is 2.27. The van der Waals surface area contributed by atoms with Gasteiger partial charge in [-0.05, 0) is 49.2 Å². The van der Waals surface area contributed by atoms with E-state index in [1.807, 2.05) is 12.1 Å². The van der Waals surface area contributed by atoms with E-state index in [4.69, 9.17) is 4.74 Å². The Hall–Kier alpha value is -2.98. The van der Waals surface area contributed by atoms with E-state index in [1.165, 1.54) is 19.2 Å². The summed E-state index contributed by atoms with van der Waals surface area (Å²) in [6.07, 6.45) is 3.65. The van der Waals surface area contributed by atoms with Crippen LogP contribution in [0.3, 0.4) is 0 Å². The third kappa shape index (κ3) is 4.70. The minimum atomic E-state index is -3.68. The Labute approximate surface area is 180 Å². The van der Waals surface area contributed by atoms with Gasteiger partial charge in [-0.2, -0.15) is 5.10 Å². The van der Waals surface area contributed by atoms with E-state index >= 15 is 0 Å². The lowest BCUT2D eigenvalue weighted by Gasteiger charge is -2.32. The molecule has 164 valence electrons. The number of amides is 1. The number of hydrogen-bond donors (Lipinski definition) is 2. The average Bonchev–Trinajstić information content (AvgIpc) is 3.23. The van der Waals surface area contributed by atoms with Crippen molar-refractivity contribution in [2.24, 2.45) is 0 Å². The zero-order chi connectivity index (χ0) is 21.8. The highest BCUT2D eigenvalue weighted by atomic mass is 32.2. The second-order valence-corrected chi connectivity index (χ2v) is 9.28. The number of fused-ring (bicyclic) bond motifs is 1. The Morgan fingerprint density at radius 2 is 2.10 bits per heavy atom. The maximum Gasteiger partial charge on any atom is 0.240 e. The molecule has 0 aliphatic carbocycles. The van der Waals surface area contributed by atoms with Crippen LogP contribution in [-0.2, 0) is 14.8 Å². The maximum atomic E-state index is 12.7. The van der Waals surface area contributed by atoms with E-state index in [-0.39, 0.29) is 29.7 Å². The molecule has 0 radical (unpaired) electrons. The molecule has 2 N–H and O–H groups in total. The number of aromatic nitrogens is 3. The Morgan fingerprint density at radius 3 is 2.87 bits per heavy atom. The van der Waals surface area contributed by atoms with Crippen LogP contribution in [0.2, 0.25) is 0 Å². The SMILES string of the molecule is COc1ccc(S(=O)(=O)NCCC(=O)N2CCCC(c3[nH]nc4ncccc34)C2)cc1. The first kappa shape index (κ1) is 21.3. The van der Waals surface area contributed by atoms with E-state index in [9.17, 15) is 13.2 Å². The fourth-order valence-corrected chi connectivity index (χ4v) is 4.94. The van der Waals surface area contributed by atoms with E-state index in [0.717, 1.165) is 23.9 Å². The Balaban J connectivity index is 1.34. The number of carbonyl (C=O) groups is 1. The van der Waals surface area contributed by atoms with Crippen LogP contribution in [0.4, 0.5) is 0 Å². The molecular weight excluding hydrogens is 418 g/mol. The number of nitrogens with one attached hydrogen (secondary N) is 2. The van der Waals surface area contributed by atoms with Gasteiger partial charge in [0.25, 0.3) is 0 Å². The number of nitrogens with zero attached hydrogens (tertiary/aromatic N) is 3. The second kappa shape index (κ2) is 9.03. The first-order valence-electron chi connectivity index (χ1n) is 10.2. The molecule has 0 saturated carbocycles. The van der Waals surface area contributed by atoms with Crippen molar-refractivity contribution in [1.82, 2.24) is 24.8 Å². The zero-order valence-electron chi connectivity index (χ0n) is 17.2. The monoisotopic (exact) mass is 443 g/mol. The first-order valence-corrected chi connectivity index (χ1v) is 11.7. The van der Waals surface area contributed by atoms with Crippen molar-refractivity contribution in [3.63, 3.8) is 0 Å². The number of ether oxygens (including phenoxy) is 1. The van der Waals surface area contributed by atoms with Gasteiger partial charge in [0, 0.05) is 49.2 Å². The molecule has 10 heteroatoms. The number of hydrogen-bond acceptors (Lipinski definition) is 6. The number of sulfonamides is 1. The molecule has 1 amide bonds. The highest BCUT2D eigenvalue weighted by Crippen LogP contribution is 2.30. The molecule has 0 spiro atoms. The summed E-state index contributed by atoms with van der Waals surface area (Å²) in [5.41, 5.74) is 1.68. The van der Waals surface area contributed by atoms with Gasteiger partial charge in [0.15, 0.2) is 5.65 Å². The lowest BCUT2D eigenvalue weighted by molar-refractivity contribution is -0.132. The minimum absolute atomic E-state index is 0.0469. The number of benzene rings is 1. The molecule has 3 aromatic rings. The number of rotatable bonds is 7. The molecule has 31 heavy (non-hydrogen) atoms. The molecule has 1 saturated heterocycles. The molecular formula is C21H25N5O4S. The Morgan fingerprint density at radius 1 is 1.29 bits per heavy atom. The third-order valence-corrected chi connectivity index (χ3v) is 7.02. The first-order chi connectivity index (χ1) is 15.0. The third-order valence-electron chi connectivity index (χ3n) is 5.54. The van der Waals surface area contributed by atoms with E-state index in [0.29, 0.717) is 24.5 Å². The smallest absolute Gasteiger partial charge is 0.240 e. The molecule has 1 fully saturated rings. The predicted octanol–water partition coefficient (Wildman–Crippen LogP) is 2.04. The number of piperidine rings is 1. The molecule has 9 nitrogen and oxygen atoms in total. The standard InChI is InChI=1S/C21H25N5O4S/c1-30-16-6-8-17(9-7-16)31(28,29)23-12-10-19(27)26-13-3-4-15(14-26)20-18-5-2-11-22-21(18)25-24-20/h2,5-9,11,15,23H,3-4,10,12-14H2,1H3,(H,22,24,25). The van der Waals surface area contributed by atoms with Crippen LogP contribution in [0, 0.1) is 0 Å². The number of methoxy groups -OCH3 is 1. The average molecular weight is 444 g/mol. The van der Waals surface area contributed by atoms with Crippen LogP contribution >= 0.6 is 0 Å². The van der Waals surface area contributed by atoms with Crippen molar-refractivity contribution in [3.05, 3.63) is 48.3 Å². The van der Waals surface area contributed by atoms with Crippen molar-refractivity contribution in [2.45, 2.75) is 30.1 Å². The fourth-order valence-electron chi connectivity index (χ4n) is 3.91. The van der Waals surface area contributed by atoms with Crippen LogP contribution in [0.1, 0.15) is 30.9 Å². The van der Waals surface area contributed by atoms with Crippen molar-refractivity contribution < 1.29 is 17.9 Å². The Bertz CT molecular complexity index is 1160. The predicted molar refractivity (Wildman–Crippen MR) is 115 cm³/mol. The number of pyridine rings is 1. The molecule has 0 bridgehead atoms. The quantitative estimate of drug-likeness (QED) is 0.577. The minimum Gasteiger partial charge on any atom is -0.497 e. The van der Waals surface area contributed by atoms with Crippen molar-refractivity contribution in [3.8, 4) is 5.75 Å². The van der Waals surface area contributed by atoms with E-state index in [2.05, 4.69) is 19.9 Å². The van der Waals surface area contributed by atoms with Gasteiger partial charge in [-0.25, -0.2) is 18.1 Å². The zero-order valence-corrected chi connectivity index (χ0v) is 18.1. The van der Waals surface area contributed by atoms with Gasteiger partial charge in [0.1, 0.15) is 5.75 Å². The highest BCUT2D eigenvalue weighted by molar-refractivity contribution is 7.89. The maximum absolute atomic E-state index is 12.7. The lowest BCUT2D eigenvalue weighted by Crippen LogP contribution is -2.40. The second-order valence-electron chi connectivity index (χ2n) is 7.51. The van der Waals surface area contributed by atoms with Gasteiger partial charge < -0.3 is 9.64 Å². The van der Waals surface area contributed by atoms with Crippen LogP contribution in [0.5, 0.6) is 5.75 Å². The normalized spacial score (nSPS) is 17.1. The van der Waals surface area contributed by atoms with Gasteiger partial charge in [-0.1, -0.05) is 0 Å². The lowest BCUT2D eigenvalue weighted by atomic mass is 9.93. The summed E-state index contributed by atoms with van der Waals surface area (Å²) in [4.78, 5) is 18.9. The van der Waals surface area contributed by atoms with Gasteiger partial charge in [0.2, 0.25) is 15.9 Å². The fraction of sp³-hybridized carbons (Fsp3) is 0.381. The summed E-state index contributed by atoms with van der Waals surface area (Å²) >= 11 is 0. The number of H-pyrrole nitrogens is 1. The number of aromatic amines is 1. The largest absolute Gasteiger partial charge is 0.497 e. The van der Waals surface area contributed by atoms with Crippen LogP contribution in [-0.4, -0.2) is 61.2 Å². The van der Waals surface area contributed by atoms with Crippen LogP contribution < -0.4 is 9.46 Å². The van der Waals surface area contributed by atoms with Crippen LogP contribution in [0.15, 0.2) is 47.5 Å². The van der Waals surface area contributed by atoms with E-state index < -0.39 is 10.0 Å². The molecule has 1 aliphatic rings. The van der Waals surface area contributed by atoms with Gasteiger partial charge in [-0.3, -0.25) is 9.89 Å². The number of carbonyl (C=O) groups excluding carboxylic acids is 1. The van der Waals surface area contributed by atoms with Gasteiger partial charge in [-0.15, -0.1) is 0 Å². The van der Waals surface area contributed by atoms with Crippen LogP contribution in [0.25, 0.3) is 11.0 Å². The summed E-state index contributed by atoms with van der Waals surface area (Å²) in [5.74, 6) is 0.668. The number of likely N-dealkylation sites (tertiary alicyclic amines) is 1. The molecule has 1 aromatic carbocycles. The molecule has 1 aliphatic heterocycles. The van der Waals surface area contributed by atoms with E-state index in [1.54, 1.807) is 23.2 Å². The molecule has 1 unspecified atom stereocenters. The molecule has 2 aromatic heterocycles. The van der Waals surface area contributed by atoms with Gasteiger partial charge in [0.05, 0.1) is 12.0 Å². The summed E-state index contributed by atoms with van der Waals surface area (Å²) in [5, 5.41) is 8.32. The molecule has 3 heterocycles. The van der Waals surface area contributed by atoms with Gasteiger partial charge >= 0.3 is 0 Å².